The van der Waals surface area contributed by atoms with Crippen molar-refractivity contribution in [2.45, 2.75) is 32.2 Å². The van der Waals surface area contributed by atoms with Crippen LogP contribution in [0.25, 0.3) is 0 Å². The second-order valence-corrected chi connectivity index (χ2v) is 5.87. The molecule has 3 heteroatoms. The highest BCUT2D eigenvalue weighted by molar-refractivity contribution is 5.60. The molecule has 1 atom stereocenters. The van der Waals surface area contributed by atoms with Crippen LogP contribution in [-0.4, -0.2) is 32.8 Å². The topological polar surface area (TPSA) is 24.5 Å². The first-order valence-corrected chi connectivity index (χ1v) is 7.41. The first kappa shape index (κ1) is 12.8. The van der Waals surface area contributed by atoms with E-state index in [-0.39, 0.29) is 0 Å². The molecule has 1 saturated carbocycles. The lowest BCUT2D eigenvalue weighted by Crippen LogP contribution is -2.39. The molecule has 1 unspecified atom stereocenters. The highest BCUT2D eigenvalue weighted by Gasteiger charge is 2.33. The van der Waals surface area contributed by atoms with Crippen molar-refractivity contribution in [3.8, 4) is 5.75 Å². The number of hydrogen-bond acceptors (Lipinski definition) is 3. The summed E-state index contributed by atoms with van der Waals surface area (Å²) in [5, 5.41) is 3.71. The summed E-state index contributed by atoms with van der Waals surface area (Å²) < 4.78 is 5.54. The predicted octanol–water partition coefficient (Wildman–Crippen LogP) is 2.58. The van der Waals surface area contributed by atoms with Crippen molar-refractivity contribution in [1.29, 1.82) is 0 Å². The van der Waals surface area contributed by atoms with Crippen molar-refractivity contribution in [2.24, 2.45) is 5.92 Å². The van der Waals surface area contributed by atoms with E-state index in [9.17, 15) is 0 Å². The third kappa shape index (κ3) is 2.86. The molecule has 0 amide bonds. The van der Waals surface area contributed by atoms with Crippen LogP contribution in [0, 0.1) is 12.8 Å². The summed E-state index contributed by atoms with van der Waals surface area (Å²) in [5.74, 6) is 1.90. The van der Waals surface area contributed by atoms with E-state index in [4.69, 9.17) is 4.74 Å². The van der Waals surface area contributed by atoms with Gasteiger partial charge in [0.2, 0.25) is 0 Å². The minimum absolute atomic E-state index is 0.660. The average Bonchev–Trinajstić information content (AvgIpc) is 3.24. The molecule has 2 fully saturated rings. The minimum Gasteiger partial charge on any atom is -0.495 e. The number of anilines is 1. The lowest BCUT2D eigenvalue weighted by Gasteiger charge is -2.28. The number of ether oxygens (including phenoxy) is 1. The standard InChI is InChI=1S/C16H24N2O/c1-12-4-7-16(19-2)15(10-12)18-9-3-8-17-14(11-18)13-5-6-13/h4,7,10,13-14,17H,3,5-6,8-9,11H2,1-2H3. The molecule has 1 aliphatic heterocycles. The summed E-state index contributed by atoms with van der Waals surface area (Å²) in [7, 11) is 1.77. The van der Waals surface area contributed by atoms with Crippen LogP contribution in [0.2, 0.25) is 0 Å². The van der Waals surface area contributed by atoms with Gasteiger partial charge >= 0.3 is 0 Å². The molecule has 104 valence electrons. The van der Waals surface area contributed by atoms with Crippen LogP contribution in [0.15, 0.2) is 18.2 Å². The lowest BCUT2D eigenvalue weighted by molar-refractivity contribution is 0.413. The van der Waals surface area contributed by atoms with Crippen molar-refractivity contribution in [2.75, 3.05) is 31.6 Å². The molecule has 0 radical (unpaired) electrons. The molecule has 0 bridgehead atoms. The molecule has 0 aromatic heterocycles. The highest BCUT2D eigenvalue weighted by atomic mass is 16.5. The van der Waals surface area contributed by atoms with Gasteiger partial charge < -0.3 is 15.0 Å². The minimum atomic E-state index is 0.660. The Hall–Kier alpha value is -1.22. The smallest absolute Gasteiger partial charge is 0.142 e. The van der Waals surface area contributed by atoms with Gasteiger partial charge in [-0.15, -0.1) is 0 Å². The fourth-order valence-corrected chi connectivity index (χ4v) is 3.03. The number of nitrogens with zero attached hydrogens (tertiary/aromatic N) is 1. The quantitative estimate of drug-likeness (QED) is 0.904. The maximum Gasteiger partial charge on any atom is 0.142 e. The number of hydrogen-bond donors (Lipinski definition) is 1. The van der Waals surface area contributed by atoms with E-state index in [1.165, 1.54) is 30.5 Å². The summed E-state index contributed by atoms with van der Waals surface area (Å²) in [5.41, 5.74) is 2.56. The monoisotopic (exact) mass is 260 g/mol. The van der Waals surface area contributed by atoms with Crippen LogP contribution < -0.4 is 15.0 Å². The van der Waals surface area contributed by atoms with E-state index in [2.05, 4.69) is 35.3 Å². The zero-order valence-electron chi connectivity index (χ0n) is 12.0. The number of rotatable bonds is 3. The van der Waals surface area contributed by atoms with E-state index in [1.54, 1.807) is 7.11 Å². The Kier molecular flexibility index (Phi) is 3.65. The predicted molar refractivity (Wildman–Crippen MR) is 79.1 cm³/mol. The second-order valence-electron chi connectivity index (χ2n) is 5.87. The van der Waals surface area contributed by atoms with Crippen molar-refractivity contribution >= 4 is 5.69 Å². The molecule has 1 saturated heterocycles. The summed E-state index contributed by atoms with van der Waals surface area (Å²) in [4.78, 5) is 2.51. The normalized spacial score (nSPS) is 24.1. The van der Waals surface area contributed by atoms with Crippen LogP contribution in [0.5, 0.6) is 5.75 Å². The zero-order chi connectivity index (χ0) is 13.2. The molecule has 1 N–H and O–H groups in total. The van der Waals surface area contributed by atoms with Gasteiger partial charge in [-0.2, -0.15) is 0 Å². The van der Waals surface area contributed by atoms with Gasteiger partial charge in [0.15, 0.2) is 0 Å². The Labute approximate surface area is 115 Å². The molecule has 19 heavy (non-hydrogen) atoms. The van der Waals surface area contributed by atoms with Crippen molar-refractivity contribution in [1.82, 2.24) is 5.32 Å². The van der Waals surface area contributed by atoms with Crippen molar-refractivity contribution in [3.63, 3.8) is 0 Å². The molecular weight excluding hydrogens is 236 g/mol. The first-order valence-electron chi connectivity index (χ1n) is 7.41. The lowest BCUT2D eigenvalue weighted by atomic mass is 10.1. The maximum absolute atomic E-state index is 5.54. The highest BCUT2D eigenvalue weighted by Crippen LogP contribution is 2.36. The summed E-state index contributed by atoms with van der Waals surface area (Å²) >= 11 is 0. The molecule has 2 aliphatic rings. The zero-order valence-corrected chi connectivity index (χ0v) is 12.0. The van der Waals surface area contributed by atoms with Crippen LogP contribution in [-0.2, 0) is 0 Å². The largest absolute Gasteiger partial charge is 0.495 e. The molecule has 1 aliphatic carbocycles. The van der Waals surface area contributed by atoms with Crippen molar-refractivity contribution < 1.29 is 4.74 Å². The van der Waals surface area contributed by atoms with E-state index in [0.29, 0.717) is 6.04 Å². The molecule has 3 rings (SSSR count). The Morgan fingerprint density at radius 3 is 2.89 bits per heavy atom. The third-order valence-electron chi connectivity index (χ3n) is 4.29. The van der Waals surface area contributed by atoms with E-state index in [1.807, 2.05) is 0 Å². The Balaban J connectivity index is 1.84. The Bertz CT molecular complexity index is 442. The number of methoxy groups -OCH3 is 1. The maximum atomic E-state index is 5.54. The van der Waals surface area contributed by atoms with Crippen LogP contribution in [0.3, 0.4) is 0 Å². The van der Waals surface area contributed by atoms with E-state index < -0.39 is 0 Å². The summed E-state index contributed by atoms with van der Waals surface area (Å²) in [6, 6.07) is 7.13. The van der Waals surface area contributed by atoms with Crippen molar-refractivity contribution in [3.05, 3.63) is 23.8 Å². The van der Waals surface area contributed by atoms with Gasteiger partial charge in [0.1, 0.15) is 5.75 Å². The second kappa shape index (κ2) is 5.41. The van der Waals surface area contributed by atoms with Gasteiger partial charge in [-0.3, -0.25) is 0 Å². The number of aryl methyl sites for hydroxylation is 1. The SMILES string of the molecule is COc1ccc(C)cc1N1CCCNC(C2CC2)C1. The molecule has 0 spiro atoms. The summed E-state index contributed by atoms with van der Waals surface area (Å²) in [6.45, 7) is 5.53. The van der Waals surface area contributed by atoms with Gasteiger partial charge in [0, 0.05) is 19.1 Å². The van der Waals surface area contributed by atoms with Crippen LogP contribution in [0.4, 0.5) is 5.69 Å². The van der Waals surface area contributed by atoms with Crippen LogP contribution in [0.1, 0.15) is 24.8 Å². The fourth-order valence-electron chi connectivity index (χ4n) is 3.03. The van der Waals surface area contributed by atoms with Gasteiger partial charge in [-0.1, -0.05) is 6.07 Å². The first-order chi connectivity index (χ1) is 9.28. The van der Waals surface area contributed by atoms with E-state index in [0.717, 1.165) is 31.3 Å². The molecule has 1 aromatic rings. The molecule has 1 heterocycles. The Morgan fingerprint density at radius 2 is 2.16 bits per heavy atom. The average molecular weight is 260 g/mol. The molecular formula is C16H24N2O. The van der Waals surface area contributed by atoms with Gasteiger partial charge in [0.25, 0.3) is 0 Å². The fraction of sp³-hybridized carbons (Fsp3) is 0.625. The molecule has 3 nitrogen and oxygen atoms in total. The van der Waals surface area contributed by atoms with Gasteiger partial charge in [-0.05, 0) is 56.3 Å². The number of benzene rings is 1. The van der Waals surface area contributed by atoms with Crippen LogP contribution >= 0.6 is 0 Å². The Morgan fingerprint density at radius 1 is 1.32 bits per heavy atom. The molecule has 1 aromatic carbocycles. The van der Waals surface area contributed by atoms with E-state index >= 15 is 0 Å². The third-order valence-corrected chi connectivity index (χ3v) is 4.29. The summed E-state index contributed by atoms with van der Waals surface area (Å²) in [6.07, 6.45) is 4.01. The van der Waals surface area contributed by atoms with Gasteiger partial charge in [-0.25, -0.2) is 0 Å². The number of nitrogens with one attached hydrogen (secondary N) is 1. The van der Waals surface area contributed by atoms with Gasteiger partial charge in [0.05, 0.1) is 12.8 Å².